The Morgan fingerprint density at radius 2 is 2.46 bits per heavy atom. The molecule has 0 bridgehead atoms. The van der Waals surface area contributed by atoms with E-state index in [2.05, 4.69) is 29.7 Å². The number of aryl methyl sites for hydroxylation is 1. The molecule has 2 rings (SSSR count). The molecule has 2 amide bonds. The van der Waals surface area contributed by atoms with E-state index in [-0.39, 0.29) is 12.1 Å². The number of hydrogen-bond acceptors (Lipinski definition) is 2. The van der Waals surface area contributed by atoms with Gasteiger partial charge in [0.25, 0.3) is 0 Å². The van der Waals surface area contributed by atoms with E-state index >= 15 is 0 Å². The lowest BCUT2D eigenvalue weighted by Gasteiger charge is -2.03. The summed E-state index contributed by atoms with van der Waals surface area (Å²) in [5.74, 6) is 0. The summed E-state index contributed by atoms with van der Waals surface area (Å²) in [6, 6.07) is 4.35. The van der Waals surface area contributed by atoms with Gasteiger partial charge in [0.05, 0.1) is 6.04 Å². The van der Waals surface area contributed by atoms with Crippen molar-refractivity contribution in [3.63, 3.8) is 0 Å². The molecule has 1 saturated heterocycles. The minimum Gasteiger partial charge on any atom is -0.336 e. The van der Waals surface area contributed by atoms with Crippen LogP contribution in [0.4, 0.5) is 4.79 Å². The van der Waals surface area contributed by atoms with Crippen LogP contribution >= 0.6 is 11.3 Å². The second-order valence-electron chi connectivity index (χ2n) is 3.06. The van der Waals surface area contributed by atoms with Gasteiger partial charge >= 0.3 is 6.03 Å². The average Bonchev–Trinajstić information content (AvgIpc) is 2.71. The molecule has 1 aliphatic rings. The highest BCUT2D eigenvalue weighted by molar-refractivity contribution is 7.12. The Hall–Kier alpha value is -1.03. The summed E-state index contributed by atoms with van der Waals surface area (Å²) in [7, 11) is 0. The molecule has 2 heterocycles. The second-order valence-corrected chi connectivity index (χ2v) is 4.26. The van der Waals surface area contributed by atoms with Gasteiger partial charge < -0.3 is 10.6 Å². The van der Waals surface area contributed by atoms with E-state index in [1.165, 1.54) is 9.75 Å². The van der Waals surface area contributed by atoms with Gasteiger partial charge in [-0.3, -0.25) is 0 Å². The normalized spacial score (nSPS) is 21.3. The molecule has 0 unspecified atom stereocenters. The summed E-state index contributed by atoms with van der Waals surface area (Å²) in [5.41, 5.74) is 0. The van der Waals surface area contributed by atoms with Gasteiger partial charge in [-0.15, -0.1) is 11.3 Å². The molecule has 4 heteroatoms. The van der Waals surface area contributed by atoms with Gasteiger partial charge in [-0.05, 0) is 18.6 Å². The Labute approximate surface area is 81.2 Å². The van der Waals surface area contributed by atoms with E-state index in [0.717, 1.165) is 6.42 Å². The van der Waals surface area contributed by atoms with Gasteiger partial charge in [0.2, 0.25) is 0 Å². The summed E-state index contributed by atoms with van der Waals surface area (Å²) in [6.45, 7) is 2.85. The van der Waals surface area contributed by atoms with Crippen molar-refractivity contribution < 1.29 is 4.79 Å². The molecule has 1 aromatic rings. The zero-order chi connectivity index (χ0) is 9.26. The summed E-state index contributed by atoms with van der Waals surface area (Å²) in [4.78, 5) is 13.5. The van der Waals surface area contributed by atoms with E-state index in [4.69, 9.17) is 0 Å². The Bertz CT molecular complexity index is 321. The maximum Gasteiger partial charge on any atom is 0.315 e. The molecule has 2 N–H and O–H groups in total. The fourth-order valence-electron chi connectivity index (χ4n) is 1.40. The smallest absolute Gasteiger partial charge is 0.315 e. The molecule has 1 atom stereocenters. The number of carbonyl (C=O) groups is 1. The zero-order valence-electron chi connectivity index (χ0n) is 7.46. The molecule has 13 heavy (non-hydrogen) atoms. The van der Waals surface area contributed by atoms with Crippen molar-refractivity contribution in [3.8, 4) is 0 Å². The summed E-state index contributed by atoms with van der Waals surface area (Å²) in [6.07, 6.45) is 1.07. The maximum absolute atomic E-state index is 10.9. The fraction of sp³-hybridized carbons (Fsp3) is 0.444. The average molecular weight is 196 g/mol. The van der Waals surface area contributed by atoms with E-state index < -0.39 is 0 Å². The number of carbonyl (C=O) groups excluding carboxylic acids is 1. The first-order chi connectivity index (χ1) is 6.29. The predicted molar refractivity (Wildman–Crippen MR) is 53.0 cm³/mol. The van der Waals surface area contributed by atoms with Crippen molar-refractivity contribution in [1.29, 1.82) is 0 Å². The largest absolute Gasteiger partial charge is 0.336 e. The standard InChI is InChI=1S/C9H12N2OS/c1-2-6-3-4-8(13-6)7-5-10-9(12)11-7/h3-4,7H,2,5H2,1H3,(H2,10,11,12)/t7-/m1/s1. The fourth-order valence-corrected chi connectivity index (χ4v) is 2.40. The van der Waals surface area contributed by atoms with Crippen LogP contribution in [0.1, 0.15) is 22.7 Å². The molecule has 1 aliphatic heterocycles. The third-order valence-electron chi connectivity index (χ3n) is 2.15. The van der Waals surface area contributed by atoms with Gasteiger partial charge in [-0.25, -0.2) is 4.79 Å². The third kappa shape index (κ3) is 1.67. The maximum atomic E-state index is 10.9. The number of rotatable bonds is 2. The third-order valence-corrected chi connectivity index (χ3v) is 3.49. The van der Waals surface area contributed by atoms with Crippen LogP contribution in [-0.2, 0) is 6.42 Å². The molecule has 1 aromatic heterocycles. The number of urea groups is 1. The van der Waals surface area contributed by atoms with Crippen molar-refractivity contribution in [2.24, 2.45) is 0 Å². The highest BCUT2D eigenvalue weighted by Gasteiger charge is 2.22. The Balaban J connectivity index is 2.12. The second kappa shape index (κ2) is 3.38. The lowest BCUT2D eigenvalue weighted by Crippen LogP contribution is -2.21. The first kappa shape index (κ1) is 8.56. The monoisotopic (exact) mass is 196 g/mol. The lowest BCUT2D eigenvalue weighted by molar-refractivity contribution is 0.247. The van der Waals surface area contributed by atoms with Crippen LogP contribution in [0.15, 0.2) is 12.1 Å². The van der Waals surface area contributed by atoms with Crippen molar-refractivity contribution in [3.05, 3.63) is 21.9 Å². The summed E-state index contributed by atoms with van der Waals surface area (Å²) >= 11 is 1.78. The lowest BCUT2D eigenvalue weighted by atomic mass is 10.2. The van der Waals surface area contributed by atoms with Crippen molar-refractivity contribution in [2.75, 3.05) is 6.54 Å². The summed E-state index contributed by atoms with van der Waals surface area (Å²) in [5, 5.41) is 5.62. The quantitative estimate of drug-likeness (QED) is 0.742. The number of thiophene rings is 1. The molecule has 0 saturated carbocycles. The Morgan fingerprint density at radius 3 is 3.00 bits per heavy atom. The van der Waals surface area contributed by atoms with Crippen molar-refractivity contribution in [2.45, 2.75) is 19.4 Å². The van der Waals surface area contributed by atoms with E-state index in [9.17, 15) is 4.79 Å². The molecule has 1 fully saturated rings. The first-order valence-electron chi connectivity index (χ1n) is 4.42. The van der Waals surface area contributed by atoms with Gasteiger partial charge in [0.15, 0.2) is 0 Å². The van der Waals surface area contributed by atoms with E-state index in [1.54, 1.807) is 11.3 Å². The van der Waals surface area contributed by atoms with Crippen LogP contribution in [-0.4, -0.2) is 12.6 Å². The van der Waals surface area contributed by atoms with Crippen LogP contribution in [0.2, 0.25) is 0 Å². The van der Waals surface area contributed by atoms with Crippen LogP contribution in [0.3, 0.4) is 0 Å². The molecule has 0 radical (unpaired) electrons. The Morgan fingerprint density at radius 1 is 1.62 bits per heavy atom. The minimum atomic E-state index is -0.0588. The van der Waals surface area contributed by atoms with Crippen molar-refractivity contribution in [1.82, 2.24) is 10.6 Å². The SMILES string of the molecule is CCc1ccc([C@H]2CNC(=O)N2)s1. The molecule has 3 nitrogen and oxygen atoms in total. The van der Waals surface area contributed by atoms with Crippen LogP contribution < -0.4 is 10.6 Å². The van der Waals surface area contributed by atoms with Crippen LogP contribution in [0.5, 0.6) is 0 Å². The Kier molecular flexibility index (Phi) is 2.22. The molecule has 0 aromatic carbocycles. The van der Waals surface area contributed by atoms with Crippen molar-refractivity contribution >= 4 is 17.4 Å². The molecular weight excluding hydrogens is 184 g/mol. The van der Waals surface area contributed by atoms with Crippen LogP contribution in [0.25, 0.3) is 0 Å². The van der Waals surface area contributed by atoms with Gasteiger partial charge in [-0.1, -0.05) is 6.92 Å². The highest BCUT2D eigenvalue weighted by atomic mass is 32.1. The van der Waals surface area contributed by atoms with Gasteiger partial charge in [0, 0.05) is 16.3 Å². The topological polar surface area (TPSA) is 41.1 Å². The molecule has 0 spiro atoms. The predicted octanol–water partition coefficient (Wildman–Crippen LogP) is 1.66. The van der Waals surface area contributed by atoms with Gasteiger partial charge in [0.1, 0.15) is 0 Å². The number of hydrogen-bond donors (Lipinski definition) is 2. The first-order valence-corrected chi connectivity index (χ1v) is 5.24. The van der Waals surface area contributed by atoms with E-state index in [1.807, 2.05) is 0 Å². The van der Waals surface area contributed by atoms with Crippen LogP contribution in [0, 0.1) is 0 Å². The van der Waals surface area contributed by atoms with Gasteiger partial charge in [-0.2, -0.15) is 0 Å². The zero-order valence-corrected chi connectivity index (χ0v) is 8.28. The molecule has 0 aliphatic carbocycles. The highest BCUT2D eigenvalue weighted by Crippen LogP contribution is 2.24. The minimum absolute atomic E-state index is 0.0588. The molecular formula is C9H12N2OS. The summed E-state index contributed by atoms with van der Waals surface area (Å²) < 4.78 is 0. The number of nitrogens with one attached hydrogen (secondary N) is 2. The van der Waals surface area contributed by atoms with E-state index in [0.29, 0.717) is 6.54 Å². The number of amides is 2. The molecule has 70 valence electrons.